The number of alkyl halides is 2. The molecule has 0 aliphatic rings. The molecule has 0 spiro atoms. The van der Waals surface area contributed by atoms with Crippen LogP contribution in [0.2, 0.25) is 0 Å². The molecule has 0 bridgehead atoms. The highest BCUT2D eigenvalue weighted by atomic mass is 79.9. The van der Waals surface area contributed by atoms with Crippen LogP contribution in [0, 0.1) is 0 Å². The van der Waals surface area contributed by atoms with Crippen LogP contribution in [0.15, 0.2) is 0 Å². The normalized spacial score (nSPS) is 15.7. The van der Waals surface area contributed by atoms with Crippen molar-refractivity contribution in [2.24, 2.45) is 0 Å². The molecule has 0 rings (SSSR count). The van der Waals surface area contributed by atoms with Gasteiger partial charge in [-0.15, -0.1) is 0 Å². The van der Waals surface area contributed by atoms with Gasteiger partial charge in [0.05, 0.1) is 6.10 Å². The molecule has 1 unspecified atom stereocenters. The second-order valence-corrected chi connectivity index (χ2v) is 3.17. The van der Waals surface area contributed by atoms with Gasteiger partial charge < -0.3 is 10.2 Å². The first kappa shape index (κ1) is 9.88. The fourth-order valence-electron chi connectivity index (χ4n) is 0.259. The van der Waals surface area contributed by atoms with Crippen LogP contribution in [0.3, 0.4) is 0 Å². The summed E-state index contributed by atoms with van der Waals surface area (Å²) in [6, 6.07) is 0. The highest BCUT2D eigenvalue weighted by Gasteiger charge is 2.29. The average Bonchev–Trinajstić information content (AvgIpc) is 1.86. The van der Waals surface area contributed by atoms with E-state index in [0.29, 0.717) is 10.7 Å². The van der Waals surface area contributed by atoms with E-state index in [1.807, 2.05) is 0 Å². The Morgan fingerprint density at radius 1 is 1.44 bits per heavy atom. The van der Waals surface area contributed by atoms with E-state index in [1.165, 1.54) is 0 Å². The van der Waals surface area contributed by atoms with Crippen molar-refractivity contribution in [2.45, 2.75) is 18.6 Å². The van der Waals surface area contributed by atoms with Gasteiger partial charge in [-0.1, -0.05) is 31.9 Å². The molecule has 2 nitrogen and oxygen atoms in total. The van der Waals surface area contributed by atoms with E-state index >= 15 is 0 Å². The van der Waals surface area contributed by atoms with E-state index in [0.717, 1.165) is 0 Å². The van der Waals surface area contributed by atoms with Crippen LogP contribution in [-0.4, -0.2) is 32.6 Å². The van der Waals surface area contributed by atoms with E-state index < -0.39 is 11.7 Å². The molecule has 0 aromatic rings. The van der Waals surface area contributed by atoms with Gasteiger partial charge >= 0.3 is 0 Å². The lowest BCUT2D eigenvalue weighted by Crippen LogP contribution is -2.43. The molecule has 0 aromatic carbocycles. The summed E-state index contributed by atoms with van der Waals surface area (Å²) in [5.74, 6) is 0. The first-order valence-corrected chi connectivity index (χ1v) is 4.83. The number of halogens is 2. The smallest absolute Gasteiger partial charge is 0.109 e. The maximum absolute atomic E-state index is 9.36. The molecular weight excluding hydrogens is 252 g/mol. The molecule has 0 radical (unpaired) electrons. The van der Waals surface area contributed by atoms with Gasteiger partial charge in [0.15, 0.2) is 0 Å². The number of hydrogen-bond donors (Lipinski definition) is 2. The Morgan fingerprint density at radius 2 is 1.78 bits per heavy atom. The molecule has 2 N–H and O–H groups in total. The second kappa shape index (κ2) is 3.91. The molecule has 0 aliphatic heterocycles. The summed E-state index contributed by atoms with van der Waals surface area (Å²) in [7, 11) is 0. The topological polar surface area (TPSA) is 40.5 Å². The van der Waals surface area contributed by atoms with Crippen molar-refractivity contribution in [1.29, 1.82) is 0 Å². The molecule has 4 heteroatoms. The number of hydrogen-bond acceptors (Lipinski definition) is 2. The van der Waals surface area contributed by atoms with Gasteiger partial charge in [-0.2, -0.15) is 0 Å². The maximum atomic E-state index is 9.36. The van der Waals surface area contributed by atoms with Gasteiger partial charge in [0, 0.05) is 10.7 Å². The molecule has 0 fully saturated rings. The van der Waals surface area contributed by atoms with Crippen LogP contribution >= 0.6 is 31.9 Å². The summed E-state index contributed by atoms with van der Waals surface area (Å²) in [5.41, 5.74) is -1.03. The standard InChI is InChI=1S/C5H10Br2O2/c1-4(8)5(9,2-6)3-7/h4,8-9H,2-3H2,1H3. The van der Waals surface area contributed by atoms with Crippen LogP contribution < -0.4 is 0 Å². The molecular formula is C5H10Br2O2. The highest BCUT2D eigenvalue weighted by Crippen LogP contribution is 2.16. The van der Waals surface area contributed by atoms with Crippen molar-refractivity contribution in [3.05, 3.63) is 0 Å². The van der Waals surface area contributed by atoms with Crippen molar-refractivity contribution in [3.8, 4) is 0 Å². The Balaban J connectivity index is 3.92. The molecule has 0 aliphatic carbocycles. The Kier molecular flexibility index (Phi) is 4.29. The van der Waals surface area contributed by atoms with Crippen LogP contribution in [0.1, 0.15) is 6.92 Å². The zero-order valence-corrected chi connectivity index (χ0v) is 8.31. The second-order valence-electron chi connectivity index (χ2n) is 2.05. The first-order chi connectivity index (χ1) is 4.06. The predicted molar refractivity (Wildman–Crippen MR) is 44.2 cm³/mol. The lowest BCUT2D eigenvalue weighted by molar-refractivity contribution is -0.0283. The van der Waals surface area contributed by atoms with Gasteiger partial charge in [-0.05, 0) is 6.92 Å². The zero-order valence-electron chi connectivity index (χ0n) is 5.14. The summed E-state index contributed by atoms with van der Waals surface area (Å²) in [5, 5.41) is 19.1. The Morgan fingerprint density at radius 3 is 1.78 bits per heavy atom. The van der Waals surface area contributed by atoms with Gasteiger partial charge in [-0.3, -0.25) is 0 Å². The average molecular weight is 262 g/mol. The van der Waals surface area contributed by atoms with Crippen molar-refractivity contribution in [2.75, 3.05) is 10.7 Å². The van der Waals surface area contributed by atoms with Crippen LogP contribution in [0.25, 0.3) is 0 Å². The van der Waals surface area contributed by atoms with Crippen molar-refractivity contribution in [3.63, 3.8) is 0 Å². The van der Waals surface area contributed by atoms with Crippen molar-refractivity contribution in [1.82, 2.24) is 0 Å². The summed E-state index contributed by atoms with van der Waals surface area (Å²) in [6.45, 7) is 1.56. The van der Waals surface area contributed by atoms with Crippen molar-refractivity contribution < 1.29 is 10.2 Å². The summed E-state index contributed by atoms with van der Waals surface area (Å²) >= 11 is 6.19. The fraction of sp³-hybridized carbons (Fsp3) is 1.00. The van der Waals surface area contributed by atoms with Gasteiger partial charge in [0.2, 0.25) is 0 Å². The predicted octanol–water partition coefficient (Wildman–Crippen LogP) is 0.888. The van der Waals surface area contributed by atoms with Crippen LogP contribution in [0.5, 0.6) is 0 Å². The molecule has 1 atom stereocenters. The van der Waals surface area contributed by atoms with E-state index in [2.05, 4.69) is 31.9 Å². The molecule has 0 saturated carbocycles. The van der Waals surface area contributed by atoms with Crippen LogP contribution in [-0.2, 0) is 0 Å². The minimum atomic E-state index is -1.03. The van der Waals surface area contributed by atoms with E-state index in [-0.39, 0.29) is 0 Å². The molecule has 0 aromatic heterocycles. The third-order valence-corrected chi connectivity index (χ3v) is 3.18. The summed E-state index contributed by atoms with van der Waals surface area (Å²) in [6.07, 6.45) is -0.712. The largest absolute Gasteiger partial charge is 0.390 e. The molecule has 0 heterocycles. The zero-order chi connectivity index (χ0) is 7.49. The number of aliphatic hydroxyl groups is 2. The van der Waals surface area contributed by atoms with E-state index in [4.69, 9.17) is 5.11 Å². The third-order valence-electron chi connectivity index (χ3n) is 1.24. The fourth-order valence-corrected chi connectivity index (χ4v) is 2.12. The van der Waals surface area contributed by atoms with E-state index in [9.17, 15) is 5.11 Å². The summed E-state index contributed by atoms with van der Waals surface area (Å²) < 4.78 is 0. The van der Waals surface area contributed by atoms with E-state index in [1.54, 1.807) is 6.92 Å². The first-order valence-electron chi connectivity index (χ1n) is 2.59. The third kappa shape index (κ3) is 2.53. The quantitative estimate of drug-likeness (QED) is 0.741. The number of aliphatic hydroxyl groups excluding tert-OH is 1. The SMILES string of the molecule is CC(O)C(O)(CBr)CBr. The van der Waals surface area contributed by atoms with Gasteiger partial charge in [-0.25, -0.2) is 0 Å². The van der Waals surface area contributed by atoms with Crippen LogP contribution in [0.4, 0.5) is 0 Å². The monoisotopic (exact) mass is 260 g/mol. The Labute approximate surface area is 71.5 Å². The lowest BCUT2D eigenvalue weighted by atomic mass is 10.0. The van der Waals surface area contributed by atoms with Gasteiger partial charge in [0.1, 0.15) is 5.60 Å². The van der Waals surface area contributed by atoms with Gasteiger partial charge in [0.25, 0.3) is 0 Å². The molecule has 0 saturated heterocycles. The molecule has 56 valence electrons. The summed E-state index contributed by atoms with van der Waals surface area (Å²) in [4.78, 5) is 0. The minimum Gasteiger partial charge on any atom is -0.390 e. The molecule has 0 amide bonds. The lowest BCUT2D eigenvalue weighted by Gasteiger charge is -2.26. The van der Waals surface area contributed by atoms with Crippen molar-refractivity contribution >= 4 is 31.9 Å². The Hall–Kier alpha value is 0.880. The number of rotatable bonds is 3. The molecule has 9 heavy (non-hydrogen) atoms. The minimum absolute atomic E-state index is 0.378. The maximum Gasteiger partial charge on any atom is 0.109 e. The Bertz CT molecular complexity index is 81.0. The highest BCUT2D eigenvalue weighted by molar-refractivity contribution is 9.09.